The zero-order chi connectivity index (χ0) is 62.5. The molecule has 4 aliphatic rings. The summed E-state index contributed by atoms with van der Waals surface area (Å²) in [5.41, 5.74) is 36.7. The lowest BCUT2D eigenvalue weighted by Gasteiger charge is -2.51. The van der Waals surface area contributed by atoms with Crippen LogP contribution in [0.2, 0.25) is 0 Å². The van der Waals surface area contributed by atoms with Gasteiger partial charge in [0.25, 0.3) is 13.4 Å². The second-order valence-corrected chi connectivity index (χ2v) is 25.4. The minimum Gasteiger partial charge on any atom is -0.312 e. The van der Waals surface area contributed by atoms with Gasteiger partial charge >= 0.3 is 0 Å². The predicted octanol–water partition coefficient (Wildman–Crippen LogP) is 19.7. The predicted molar refractivity (Wildman–Crippen MR) is 403 cm³/mol. The van der Waals surface area contributed by atoms with Crippen molar-refractivity contribution >= 4 is 97.4 Å². The van der Waals surface area contributed by atoms with Crippen LogP contribution in [0.1, 0.15) is 0 Å². The van der Waals surface area contributed by atoms with E-state index in [4.69, 9.17) is 0 Å². The Bertz CT molecular complexity index is 5020. The third-order valence-electron chi connectivity index (χ3n) is 20.2. The second-order valence-electron chi connectivity index (χ2n) is 25.4. The molecular formula is C90H59B2N3. The summed E-state index contributed by atoms with van der Waals surface area (Å²) in [4.78, 5) is 8.09. The maximum absolute atomic E-state index is 2.70. The molecule has 3 nitrogen and oxygen atoms in total. The summed E-state index contributed by atoms with van der Waals surface area (Å²) in [6, 6.07) is 134. The molecule has 0 atom stereocenters. The van der Waals surface area contributed by atoms with Crippen molar-refractivity contribution in [2.45, 2.75) is 0 Å². The number of benzene rings is 15. The van der Waals surface area contributed by atoms with E-state index in [2.05, 4.69) is 373 Å². The molecule has 0 spiro atoms. The van der Waals surface area contributed by atoms with Gasteiger partial charge in [0.15, 0.2) is 0 Å². The average Bonchev–Trinajstić information content (AvgIpc) is 0.665. The van der Waals surface area contributed by atoms with Crippen molar-refractivity contribution in [1.82, 2.24) is 0 Å². The number of anilines is 9. The average molecular weight is 1200 g/mol. The van der Waals surface area contributed by atoms with Gasteiger partial charge in [0.1, 0.15) is 0 Å². The van der Waals surface area contributed by atoms with Gasteiger partial charge in [-0.05, 0) is 130 Å². The molecule has 5 heteroatoms. The van der Waals surface area contributed by atoms with Gasteiger partial charge in [-0.2, -0.15) is 0 Å². The van der Waals surface area contributed by atoms with Crippen molar-refractivity contribution < 1.29 is 0 Å². The standard InChI is InChI=1S/C90H59B2N3/c1-9-27-60(28-10-1)68-47-51-80-76(55-68)91-78-57-70(62-31-13-3-14-32-62)49-53-82(78)94(88-72(64-35-17-5-18-36-64)43-25-44-73(88)65-37-19-6-20-38-65)84-59-85-87-90(86(84)91)93(80)81-52-48-69(61-29-11-2-12-30-61)56-77(81)92(87)79-58-71(63-33-15-4-16-34-63)50-54-83(79)95(85)89-74(66-39-21-7-22-40-66)45-26-46-75(89)67-41-23-8-24-42-67/h1-59H. The lowest BCUT2D eigenvalue weighted by atomic mass is 9.28. The van der Waals surface area contributed by atoms with Gasteiger partial charge in [-0.3, -0.25) is 0 Å². The summed E-state index contributed by atoms with van der Waals surface area (Å²) in [7, 11) is 0. The van der Waals surface area contributed by atoms with E-state index in [1.807, 2.05) is 0 Å². The van der Waals surface area contributed by atoms with E-state index in [0.717, 1.165) is 78.6 Å². The second kappa shape index (κ2) is 22.3. The number of nitrogens with zero attached hydrogens (tertiary/aromatic N) is 3. The van der Waals surface area contributed by atoms with Crippen LogP contribution >= 0.6 is 0 Å². The summed E-state index contributed by atoms with van der Waals surface area (Å²) in [5, 5.41) is 0. The van der Waals surface area contributed by atoms with Crippen LogP contribution < -0.4 is 47.5 Å². The smallest absolute Gasteiger partial charge is 0.252 e. The van der Waals surface area contributed by atoms with Gasteiger partial charge in [-0.25, -0.2) is 0 Å². The monoisotopic (exact) mass is 1200 g/mol. The Morgan fingerprint density at radius 2 is 0.379 bits per heavy atom. The van der Waals surface area contributed by atoms with Crippen LogP contribution in [0.25, 0.3) is 89.0 Å². The highest BCUT2D eigenvalue weighted by atomic mass is 15.2. The molecular weight excluding hydrogens is 1140 g/mol. The van der Waals surface area contributed by atoms with Crippen LogP contribution in [-0.4, -0.2) is 13.4 Å². The van der Waals surface area contributed by atoms with E-state index in [1.165, 1.54) is 94.3 Å². The number of hydrogen-bond donors (Lipinski definition) is 0. The van der Waals surface area contributed by atoms with Gasteiger partial charge in [0.05, 0.1) is 11.4 Å². The van der Waals surface area contributed by atoms with E-state index >= 15 is 0 Å². The van der Waals surface area contributed by atoms with Crippen molar-refractivity contribution in [3.63, 3.8) is 0 Å². The molecule has 15 aromatic carbocycles. The highest BCUT2D eigenvalue weighted by molar-refractivity contribution is 7.05. The molecule has 0 radical (unpaired) electrons. The van der Waals surface area contributed by atoms with Crippen LogP contribution in [-0.2, 0) is 0 Å². The maximum atomic E-state index is 2.70. The Balaban J connectivity index is 1.02. The first-order valence-electron chi connectivity index (χ1n) is 33.0. The van der Waals surface area contributed by atoms with Crippen LogP contribution in [0.4, 0.5) is 51.2 Å². The number of rotatable bonds is 10. The molecule has 0 unspecified atom stereocenters. The van der Waals surface area contributed by atoms with Crippen LogP contribution in [0.5, 0.6) is 0 Å². The molecule has 0 saturated heterocycles. The number of hydrogen-bond acceptors (Lipinski definition) is 3. The number of fused-ring (bicyclic) bond motifs is 10. The summed E-state index contributed by atoms with van der Waals surface area (Å²) in [6.07, 6.45) is 0. The highest BCUT2D eigenvalue weighted by Gasteiger charge is 2.53. The minimum absolute atomic E-state index is 0.216. The van der Waals surface area contributed by atoms with Crippen molar-refractivity contribution in [2.75, 3.05) is 14.7 Å². The van der Waals surface area contributed by atoms with Crippen LogP contribution in [0, 0.1) is 0 Å². The van der Waals surface area contributed by atoms with Gasteiger partial charge in [0.2, 0.25) is 0 Å². The molecule has 0 fully saturated rings. The summed E-state index contributed by atoms with van der Waals surface area (Å²) >= 11 is 0. The molecule has 0 saturated carbocycles. The molecule has 0 aliphatic carbocycles. The first kappa shape index (κ1) is 54.6. The van der Waals surface area contributed by atoms with E-state index in [0.29, 0.717) is 0 Å². The fourth-order valence-corrected chi connectivity index (χ4v) is 16.1. The van der Waals surface area contributed by atoms with Gasteiger partial charge in [-0.15, -0.1) is 0 Å². The summed E-state index contributed by atoms with van der Waals surface area (Å²) in [5.74, 6) is 0. The van der Waals surface area contributed by atoms with Crippen molar-refractivity contribution in [2.24, 2.45) is 0 Å². The largest absolute Gasteiger partial charge is 0.312 e. The lowest BCUT2D eigenvalue weighted by Crippen LogP contribution is -2.68. The van der Waals surface area contributed by atoms with E-state index in [-0.39, 0.29) is 13.4 Å². The normalized spacial score (nSPS) is 12.7. The molecule has 4 aliphatic heterocycles. The van der Waals surface area contributed by atoms with Crippen LogP contribution in [0.15, 0.2) is 358 Å². The van der Waals surface area contributed by atoms with Crippen molar-refractivity contribution in [3.05, 3.63) is 358 Å². The Hall–Kier alpha value is -12.2. The molecule has 19 rings (SSSR count). The topological polar surface area (TPSA) is 9.72 Å². The molecule has 0 bridgehead atoms. The zero-order valence-electron chi connectivity index (χ0n) is 52.1. The first-order chi connectivity index (χ1) is 47.2. The SMILES string of the molecule is c1ccc(-c2ccc3c(c2)B2c4cc(-c5ccccc5)ccc4N4c5ccc(-c6ccccc6)cc5B5c6cc(-c7ccccc7)ccc6N(c6c(-c7ccccc7)cccc6-c6ccccc6)c6cc(c2c4c65)N3c2c(-c3ccccc3)cccc2-c2ccccc2)cc1. The lowest BCUT2D eigenvalue weighted by molar-refractivity contribution is 1.23. The van der Waals surface area contributed by atoms with Gasteiger partial charge < -0.3 is 14.7 Å². The van der Waals surface area contributed by atoms with E-state index in [1.54, 1.807) is 0 Å². The Kier molecular flexibility index (Phi) is 12.8. The van der Waals surface area contributed by atoms with E-state index in [9.17, 15) is 0 Å². The maximum Gasteiger partial charge on any atom is 0.252 e. The van der Waals surface area contributed by atoms with E-state index < -0.39 is 0 Å². The number of para-hydroxylation sites is 2. The molecule has 440 valence electrons. The summed E-state index contributed by atoms with van der Waals surface area (Å²) in [6.45, 7) is -0.432. The molecule has 95 heavy (non-hydrogen) atoms. The molecule has 0 N–H and O–H groups in total. The zero-order valence-corrected chi connectivity index (χ0v) is 52.1. The van der Waals surface area contributed by atoms with Crippen LogP contribution in [0.3, 0.4) is 0 Å². The fourth-order valence-electron chi connectivity index (χ4n) is 16.1. The van der Waals surface area contributed by atoms with Gasteiger partial charge in [0, 0.05) is 62.1 Å². The Labute approximate surface area is 555 Å². The Morgan fingerprint density at radius 1 is 0.158 bits per heavy atom. The minimum atomic E-state index is -0.216. The fraction of sp³-hybridized carbons (Fsp3) is 0. The third kappa shape index (κ3) is 8.77. The quantitative estimate of drug-likeness (QED) is 0.126. The highest BCUT2D eigenvalue weighted by Crippen LogP contribution is 2.56. The van der Waals surface area contributed by atoms with Crippen molar-refractivity contribution in [1.29, 1.82) is 0 Å². The van der Waals surface area contributed by atoms with Gasteiger partial charge in [-0.1, -0.05) is 328 Å². The molecule has 4 heterocycles. The first-order valence-corrected chi connectivity index (χ1v) is 33.0. The van der Waals surface area contributed by atoms with Crippen molar-refractivity contribution in [3.8, 4) is 89.0 Å². The molecule has 15 aromatic rings. The summed E-state index contributed by atoms with van der Waals surface area (Å²) < 4.78 is 0. The molecule has 0 amide bonds. The Morgan fingerprint density at radius 3 is 0.621 bits per heavy atom. The molecule has 0 aromatic heterocycles. The third-order valence-corrected chi connectivity index (χ3v) is 20.2.